The van der Waals surface area contributed by atoms with Crippen LogP contribution in [0.2, 0.25) is 5.02 Å². The Morgan fingerprint density at radius 2 is 1.83 bits per heavy atom. The van der Waals surface area contributed by atoms with Crippen LogP contribution < -0.4 is 16.2 Å². The molecule has 24 heavy (non-hydrogen) atoms. The molecular formula is C17H18ClN3OS2. The molecule has 0 fully saturated rings. The normalized spacial score (nSPS) is 10.1. The van der Waals surface area contributed by atoms with E-state index in [1.807, 2.05) is 12.1 Å². The quantitative estimate of drug-likeness (QED) is 0.543. The summed E-state index contributed by atoms with van der Waals surface area (Å²) in [6, 6.07) is 15.3. The molecule has 0 aliphatic heterocycles. The molecule has 1 amide bonds. The summed E-state index contributed by atoms with van der Waals surface area (Å²) in [7, 11) is 0. The van der Waals surface area contributed by atoms with Crippen LogP contribution in [0.1, 0.15) is 11.1 Å². The van der Waals surface area contributed by atoms with Gasteiger partial charge in [-0.3, -0.25) is 15.6 Å². The first kappa shape index (κ1) is 18.6. The first-order valence-corrected chi connectivity index (χ1v) is 9.22. The van der Waals surface area contributed by atoms with Crippen molar-refractivity contribution in [3.63, 3.8) is 0 Å². The summed E-state index contributed by atoms with van der Waals surface area (Å²) in [4.78, 5) is 11.8. The molecule has 3 N–H and O–H groups in total. The third-order valence-electron chi connectivity index (χ3n) is 3.17. The Balaban J connectivity index is 1.66. The number of rotatable bonds is 5. The van der Waals surface area contributed by atoms with Gasteiger partial charge in [0.1, 0.15) is 0 Å². The Morgan fingerprint density at radius 1 is 1.12 bits per heavy atom. The van der Waals surface area contributed by atoms with Crippen molar-refractivity contribution in [1.82, 2.24) is 10.9 Å². The van der Waals surface area contributed by atoms with Crippen LogP contribution in [0.5, 0.6) is 0 Å². The zero-order valence-electron chi connectivity index (χ0n) is 13.1. The number of halogens is 1. The molecule has 0 atom stereocenters. The molecule has 0 spiro atoms. The Kier molecular flexibility index (Phi) is 7.36. The van der Waals surface area contributed by atoms with E-state index in [1.54, 1.807) is 36.0 Å². The second-order valence-electron chi connectivity index (χ2n) is 5.05. The first-order valence-electron chi connectivity index (χ1n) is 7.28. The third-order valence-corrected chi connectivity index (χ3v) is 4.61. The van der Waals surface area contributed by atoms with Crippen molar-refractivity contribution >= 4 is 52.3 Å². The number of thioether (sulfide) groups is 1. The number of hydrogen-bond acceptors (Lipinski definition) is 3. The van der Waals surface area contributed by atoms with Gasteiger partial charge in [-0.05, 0) is 54.5 Å². The number of hydrogen-bond donors (Lipinski definition) is 3. The number of amides is 1. The zero-order valence-corrected chi connectivity index (χ0v) is 15.5. The molecule has 2 aromatic rings. The number of aryl methyl sites for hydroxylation is 1. The Bertz CT molecular complexity index is 707. The number of benzene rings is 2. The highest BCUT2D eigenvalue weighted by atomic mass is 35.5. The molecule has 0 saturated carbocycles. The van der Waals surface area contributed by atoms with E-state index in [2.05, 4.69) is 35.2 Å². The first-order chi connectivity index (χ1) is 11.5. The predicted molar refractivity (Wildman–Crippen MR) is 106 cm³/mol. The van der Waals surface area contributed by atoms with Crippen molar-refractivity contribution < 1.29 is 4.79 Å². The second kappa shape index (κ2) is 9.52. The third kappa shape index (κ3) is 6.39. The molecule has 126 valence electrons. The fourth-order valence-corrected chi connectivity index (χ4v) is 3.08. The van der Waals surface area contributed by atoms with Gasteiger partial charge in [-0.1, -0.05) is 35.9 Å². The Hall–Kier alpha value is -1.76. The maximum Gasteiger partial charge on any atom is 0.248 e. The van der Waals surface area contributed by atoms with Crippen molar-refractivity contribution in [3.8, 4) is 0 Å². The second-order valence-corrected chi connectivity index (χ2v) is 6.88. The summed E-state index contributed by atoms with van der Waals surface area (Å²) in [5.41, 5.74) is 8.52. The number of nitrogens with one attached hydrogen (secondary N) is 3. The Morgan fingerprint density at radius 3 is 2.54 bits per heavy atom. The lowest BCUT2D eigenvalue weighted by molar-refractivity contribution is -0.119. The standard InChI is InChI=1S/C17H18ClN3OS2/c1-12-4-2-3-5-13(12)10-24-11-16(22)20-21-17(23)19-15-8-6-14(18)7-9-15/h2-9H,10-11H2,1H3,(H,20,22)(H2,19,21,23). The van der Waals surface area contributed by atoms with Gasteiger partial charge in [0.05, 0.1) is 5.75 Å². The van der Waals surface area contributed by atoms with Gasteiger partial charge >= 0.3 is 0 Å². The molecule has 4 nitrogen and oxygen atoms in total. The van der Waals surface area contributed by atoms with Crippen molar-refractivity contribution in [1.29, 1.82) is 0 Å². The number of anilines is 1. The van der Waals surface area contributed by atoms with Crippen LogP contribution in [0.25, 0.3) is 0 Å². The van der Waals surface area contributed by atoms with Crippen molar-refractivity contribution in [3.05, 3.63) is 64.7 Å². The smallest absolute Gasteiger partial charge is 0.248 e. The highest BCUT2D eigenvalue weighted by molar-refractivity contribution is 7.99. The van der Waals surface area contributed by atoms with Gasteiger partial charge in [0.2, 0.25) is 5.91 Å². The van der Waals surface area contributed by atoms with E-state index >= 15 is 0 Å². The maximum absolute atomic E-state index is 11.8. The molecule has 2 rings (SSSR count). The van der Waals surface area contributed by atoms with Crippen LogP contribution in [0.3, 0.4) is 0 Å². The van der Waals surface area contributed by atoms with E-state index in [0.29, 0.717) is 15.9 Å². The van der Waals surface area contributed by atoms with E-state index in [9.17, 15) is 4.79 Å². The Labute approximate surface area is 156 Å². The highest BCUT2D eigenvalue weighted by Gasteiger charge is 2.04. The molecule has 0 heterocycles. The molecule has 0 saturated heterocycles. The maximum atomic E-state index is 11.8. The number of thiocarbonyl (C=S) groups is 1. The molecule has 0 aromatic heterocycles. The summed E-state index contributed by atoms with van der Waals surface area (Å²) in [5, 5.41) is 3.92. The molecule has 0 radical (unpaired) electrons. The topological polar surface area (TPSA) is 53.2 Å². The van der Waals surface area contributed by atoms with Crippen LogP contribution in [0, 0.1) is 6.92 Å². The van der Waals surface area contributed by atoms with Crippen molar-refractivity contribution in [2.75, 3.05) is 11.1 Å². The monoisotopic (exact) mass is 379 g/mol. The molecule has 0 bridgehead atoms. The van der Waals surface area contributed by atoms with Gasteiger partial charge < -0.3 is 5.32 Å². The molecule has 0 unspecified atom stereocenters. The van der Waals surface area contributed by atoms with E-state index in [0.717, 1.165) is 11.4 Å². The van der Waals surface area contributed by atoms with Gasteiger partial charge in [0, 0.05) is 16.5 Å². The molecule has 2 aromatic carbocycles. The number of carbonyl (C=O) groups excluding carboxylic acids is 1. The van der Waals surface area contributed by atoms with Crippen LogP contribution in [-0.2, 0) is 10.5 Å². The SMILES string of the molecule is Cc1ccccc1CSCC(=O)NNC(=S)Nc1ccc(Cl)cc1. The molecule has 0 aliphatic rings. The molecular weight excluding hydrogens is 362 g/mol. The predicted octanol–water partition coefficient (Wildman–Crippen LogP) is 3.90. The van der Waals surface area contributed by atoms with Crippen LogP contribution >= 0.6 is 35.6 Å². The van der Waals surface area contributed by atoms with Gasteiger partial charge in [-0.15, -0.1) is 11.8 Å². The summed E-state index contributed by atoms with van der Waals surface area (Å²) in [6.07, 6.45) is 0. The summed E-state index contributed by atoms with van der Waals surface area (Å²) < 4.78 is 0. The molecule has 0 aliphatic carbocycles. The van der Waals surface area contributed by atoms with E-state index in [1.165, 1.54) is 11.1 Å². The average molecular weight is 380 g/mol. The van der Waals surface area contributed by atoms with Gasteiger partial charge in [0.15, 0.2) is 5.11 Å². The van der Waals surface area contributed by atoms with Crippen LogP contribution in [0.4, 0.5) is 5.69 Å². The molecule has 7 heteroatoms. The largest absolute Gasteiger partial charge is 0.331 e. The lowest BCUT2D eigenvalue weighted by atomic mass is 10.1. The van der Waals surface area contributed by atoms with E-state index in [4.69, 9.17) is 23.8 Å². The number of carbonyl (C=O) groups is 1. The minimum atomic E-state index is -0.131. The van der Waals surface area contributed by atoms with Crippen LogP contribution in [-0.4, -0.2) is 16.8 Å². The van der Waals surface area contributed by atoms with Gasteiger partial charge in [0.25, 0.3) is 0 Å². The summed E-state index contributed by atoms with van der Waals surface area (Å²) in [6.45, 7) is 2.07. The summed E-state index contributed by atoms with van der Waals surface area (Å²) in [5.74, 6) is 1.02. The van der Waals surface area contributed by atoms with Crippen LogP contribution in [0.15, 0.2) is 48.5 Å². The van der Waals surface area contributed by atoms with Gasteiger partial charge in [-0.2, -0.15) is 0 Å². The minimum absolute atomic E-state index is 0.131. The fraction of sp³-hybridized carbons (Fsp3) is 0.176. The van der Waals surface area contributed by atoms with Gasteiger partial charge in [-0.25, -0.2) is 0 Å². The average Bonchev–Trinajstić information content (AvgIpc) is 2.57. The minimum Gasteiger partial charge on any atom is -0.331 e. The number of hydrazine groups is 1. The zero-order chi connectivity index (χ0) is 17.4. The van der Waals surface area contributed by atoms with E-state index < -0.39 is 0 Å². The lowest BCUT2D eigenvalue weighted by Crippen LogP contribution is -2.44. The fourth-order valence-electron chi connectivity index (χ4n) is 1.88. The van der Waals surface area contributed by atoms with Crippen molar-refractivity contribution in [2.45, 2.75) is 12.7 Å². The highest BCUT2D eigenvalue weighted by Crippen LogP contribution is 2.15. The van der Waals surface area contributed by atoms with Crippen molar-refractivity contribution in [2.24, 2.45) is 0 Å². The van der Waals surface area contributed by atoms with E-state index in [-0.39, 0.29) is 5.91 Å². The lowest BCUT2D eigenvalue weighted by Gasteiger charge is -2.11. The summed E-state index contributed by atoms with van der Waals surface area (Å²) >= 11 is 12.5.